The van der Waals surface area contributed by atoms with Crippen molar-refractivity contribution in [3.05, 3.63) is 12.2 Å². The van der Waals surface area contributed by atoms with E-state index in [1.807, 2.05) is 69.2 Å². The van der Waals surface area contributed by atoms with E-state index in [4.69, 9.17) is 0 Å². The fourth-order valence-corrected chi connectivity index (χ4v) is 11.7. The first kappa shape index (κ1) is 79.4. The lowest BCUT2D eigenvalue weighted by Crippen LogP contribution is -2.63. The van der Waals surface area contributed by atoms with Crippen molar-refractivity contribution in [2.45, 2.75) is 218 Å². The summed E-state index contributed by atoms with van der Waals surface area (Å²) in [6.45, 7) is 31.7. The van der Waals surface area contributed by atoms with Gasteiger partial charge in [-0.1, -0.05) is 130 Å². The summed E-state index contributed by atoms with van der Waals surface area (Å²) in [5.41, 5.74) is 0. The fourth-order valence-electron chi connectivity index (χ4n) is 11.7. The molecule has 0 saturated carbocycles. The zero-order chi connectivity index (χ0) is 67.6. The summed E-state index contributed by atoms with van der Waals surface area (Å²) in [6.07, 6.45) is 4.07. The highest BCUT2D eigenvalue weighted by atomic mass is 16.2. The molecule has 0 aromatic heterocycles. The van der Waals surface area contributed by atoms with Crippen molar-refractivity contribution >= 4 is 70.3 Å². The topological polar surface area (TPSA) is 240 Å². The zero-order valence-corrected chi connectivity index (χ0v) is 58.1. The molecule has 1 N–H and O–H groups in total. The van der Waals surface area contributed by atoms with Gasteiger partial charge in [-0.2, -0.15) is 0 Å². The quantitative estimate of drug-likeness (QED) is 0.128. The number of hydrogen-bond donors (Lipinski definition) is 1. The molecule has 1 unspecified atom stereocenters. The van der Waals surface area contributed by atoms with E-state index >= 15 is 14.4 Å². The molecule has 20 nitrogen and oxygen atoms in total. The molecule has 1 fully saturated rings. The number of carbonyl (C=O) groups excluding carboxylic acids is 12. The Bertz CT molecular complexity index is 2420. The number of Topliss-reactive ketones (excluding diaryl/α,β-unsaturated/α-hetero) is 5. The van der Waals surface area contributed by atoms with Gasteiger partial charge in [0.2, 0.25) is 35.4 Å². The predicted octanol–water partition coefficient (Wildman–Crippen LogP) is 7.04. The molecule has 0 aromatic carbocycles. The second-order valence-corrected chi connectivity index (χ2v) is 28.1. The third-order valence-corrected chi connectivity index (χ3v) is 17.2. The molecule has 1 aliphatic heterocycles. The Hall–Kier alpha value is -5.66. The minimum atomic E-state index is -1.79. The van der Waals surface area contributed by atoms with Crippen LogP contribution in [0.2, 0.25) is 0 Å². The Morgan fingerprint density at radius 2 is 0.908 bits per heavy atom. The van der Waals surface area contributed by atoms with E-state index in [2.05, 4.69) is 5.32 Å². The third kappa shape index (κ3) is 23.0. The maximum atomic E-state index is 15.2. The summed E-state index contributed by atoms with van der Waals surface area (Å²) < 4.78 is 0. The number of nitrogens with zero attached hydrogens (tertiary/aromatic N) is 7. The Morgan fingerprint density at radius 3 is 1.37 bits per heavy atom. The summed E-state index contributed by atoms with van der Waals surface area (Å²) in [5.74, 6) is -11.7. The van der Waals surface area contributed by atoms with Crippen LogP contribution >= 0.6 is 0 Å². The van der Waals surface area contributed by atoms with Gasteiger partial charge in [-0.25, -0.2) is 0 Å². The van der Waals surface area contributed by atoms with Crippen LogP contribution in [-0.2, 0) is 57.5 Å². The Balaban J connectivity index is 4.32. The van der Waals surface area contributed by atoms with Crippen molar-refractivity contribution in [3.8, 4) is 0 Å². The summed E-state index contributed by atoms with van der Waals surface area (Å²) in [6, 6.07) is -8.33. The maximum absolute atomic E-state index is 15.2. The molecule has 0 aliphatic carbocycles. The van der Waals surface area contributed by atoms with Crippen LogP contribution in [0.25, 0.3) is 0 Å². The molecule has 496 valence electrons. The number of likely N-dealkylation sites (N-methyl/N-ethyl adjacent to an activating group) is 7. The minimum Gasteiger partial charge on any atom is -0.342 e. The summed E-state index contributed by atoms with van der Waals surface area (Å²) >= 11 is 0. The highest BCUT2D eigenvalue weighted by Gasteiger charge is 2.46. The lowest BCUT2D eigenvalue weighted by molar-refractivity contribution is -0.157. The van der Waals surface area contributed by atoms with Gasteiger partial charge in [-0.15, -0.1) is 0 Å². The van der Waals surface area contributed by atoms with Gasteiger partial charge in [0.15, 0.2) is 29.2 Å². The van der Waals surface area contributed by atoms with Crippen LogP contribution in [0.3, 0.4) is 0 Å². The van der Waals surface area contributed by atoms with Crippen molar-refractivity contribution in [2.75, 3.05) is 62.4 Å². The van der Waals surface area contributed by atoms with E-state index in [-0.39, 0.29) is 98.4 Å². The molecule has 87 heavy (non-hydrogen) atoms. The van der Waals surface area contributed by atoms with Crippen LogP contribution in [0.5, 0.6) is 0 Å². The van der Waals surface area contributed by atoms with Gasteiger partial charge in [0.1, 0.15) is 30.0 Å². The van der Waals surface area contributed by atoms with Crippen molar-refractivity contribution in [3.63, 3.8) is 0 Å². The molecular weight excluding hydrogens is 1110 g/mol. The molecule has 1 heterocycles. The van der Waals surface area contributed by atoms with E-state index in [0.717, 1.165) is 4.90 Å². The Kier molecular flexibility index (Phi) is 32.9. The predicted molar refractivity (Wildman–Crippen MR) is 340 cm³/mol. The van der Waals surface area contributed by atoms with Crippen LogP contribution in [0.1, 0.15) is 176 Å². The number of hydrogen-bond acceptors (Lipinski definition) is 13. The molecule has 1 saturated heterocycles. The largest absolute Gasteiger partial charge is 0.342 e. The number of nitrogens with one attached hydrogen (secondary N) is 1. The number of ketones is 5. The Morgan fingerprint density at radius 1 is 0.471 bits per heavy atom. The normalized spacial score (nSPS) is 26.8. The van der Waals surface area contributed by atoms with Gasteiger partial charge < -0.3 is 34.7 Å². The summed E-state index contributed by atoms with van der Waals surface area (Å²) in [7, 11) is 10.3. The molecule has 0 bridgehead atoms. The van der Waals surface area contributed by atoms with Crippen LogP contribution in [-0.4, -0.2) is 209 Å². The number of allylic oxidation sites excluding steroid dienone is 2. The minimum absolute atomic E-state index is 0.0106. The monoisotopic (exact) mass is 1220 g/mol. The number of amides is 7. The van der Waals surface area contributed by atoms with Crippen molar-refractivity contribution in [1.82, 2.24) is 39.6 Å². The molecular formula is C67H116N8O12. The van der Waals surface area contributed by atoms with Gasteiger partial charge in [-0.05, 0) is 87.5 Å². The SMILES string of the molecule is C/C=C/C[C@@H](C)C(=O)C1C(=O)N[C@@H](C(C)C)C(=O)N(C)CC(=O)CN(C)[C@@H](CC(C)C)C(=O)C[C@@H](C(C)C)C(=O)N(C)[C@@H](CC(C)C)C(=O)C[C@@H](C)C(=O)C[C@H](C)C(=O)N(C)[C@@H](CC(C)C)C(=O)N(C)[C@@H](CC(C)C)C(=O)N(C)[C@@H](C(C)C)C(=O)N1C. The van der Waals surface area contributed by atoms with E-state index < -0.39 is 137 Å². The highest BCUT2D eigenvalue weighted by Crippen LogP contribution is 2.29. The van der Waals surface area contributed by atoms with Crippen molar-refractivity contribution in [1.29, 1.82) is 0 Å². The smallest absolute Gasteiger partial charge is 0.251 e. The Labute approximate surface area is 523 Å². The molecule has 1 rings (SSSR count). The number of rotatable bonds is 15. The van der Waals surface area contributed by atoms with Crippen LogP contribution in [0.15, 0.2) is 12.2 Å². The average Bonchev–Trinajstić information content (AvgIpc) is 1.27. The fraction of sp³-hybridized carbons (Fsp3) is 0.791. The zero-order valence-electron chi connectivity index (χ0n) is 58.1. The van der Waals surface area contributed by atoms with Crippen molar-refractivity contribution in [2.24, 2.45) is 65.1 Å². The molecule has 1 aliphatic rings. The first-order valence-corrected chi connectivity index (χ1v) is 31.9. The van der Waals surface area contributed by atoms with Crippen LogP contribution in [0, 0.1) is 65.1 Å². The molecule has 20 heteroatoms. The standard InChI is InChI=1S/C67H116N8O12/c1-26-27-28-45(16)60(80)59-61(81)68-57(43(12)13)66(86)70(20)37-48(76)36-69(19)50(29-38(2)3)56(79)35-49(42(10)11)63(83)71(21)51(30-39(4)5)55(78)33-46(17)54(77)34-47(18)62(82)72(22)52(31-40(6)7)64(84)73(23)53(32-41(8)9)65(85)74(24)58(44(14)15)67(87)75(59)25/h26-27,38-47,49-53,57-59H,28-37H2,1-25H3,(H,68,81)/b27-26+/t45-,46-,47+,49+,50+,51+,52+,53+,57+,58+,59?/m1/s1. The lowest BCUT2D eigenvalue weighted by atomic mass is 9.84. The molecule has 0 aromatic rings. The average molecular weight is 1230 g/mol. The van der Waals surface area contributed by atoms with Gasteiger partial charge in [-0.3, -0.25) is 62.4 Å². The van der Waals surface area contributed by atoms with Crippen molar-refractivity contribution < 1.29 is 57.5 Å². The molecule has 0 radical (unpaired) electrons. The highest BCUT2D eigenvalue weighted by molar-refractivity contribution is 6.10. The molecule has 11 atom stereocenters. The number of carbonyl (C=O) groups is 12. The van der Waals surface area contributed by atoms with Gasteiger partial charge >= 0.3 is 0 Å². The van der Waals surface area contributed by atoms with Crippen LogP contribution in [0.4, 0.5) is 0 Å². The van der Waals surface area contributed by atoms with Gasteiger partial charge in [0, 0.05) is 85.2 Å². The molecule has 7 amide bonds. The third-order valence-electron chi connectivity index (χ3n) is 17.2. The first-order valence-electron chi connectivity index (χ1n) is 31.9. The van der Waals surface area contributed by atoms with Gasteiger partial charge in [0.05, 0.1) is 25.2 Å². The van der Waals surface area contributed by atoms with E-state index in [9.17, 15) is 43.2 Å². The van der Waals surface area contributed by atoms with Crippen LogP contribution < -0.4 is 5.32 Å². The van der Waals surface area contributed by atoms with E-state index in [1.54, 1.807) is 86.5 Å². The second-order valence-electron chi connectivity index (χ2n) is 28.1. The second kappa shape index (κ2) is 36.1. The summed E-state index contributed by atoms with van der Waals surface area (Å²) in [5, 5.41) is 2.76. The summed E-state index contributed by atoms with van der Waals surface area (Å²) in [4.78, 5) is 185. The molecule has 0 spiro atoms. The maximum Gasteiger partial charge on any atom is 0.251 e. The van der Waals surface area contributed by atoms with Gasteiger partial charge in [0.25, 0.3) is 5.91 Å². The van der Waals surface area contributed by atoms with E-state index in [0.29, 0.717) is 6.42 Å². The first-order chi connectivity index (χ1) is 40.1. The van der Waals surface area contributed by atoms with E-state index in [1.165, 1.54) is 59.7 Å². The lowest BCUT2D eigenvalue weighted by Gasteiger charge is -2.41.